The molecule has 126 valence electrons. The largest absolute Gasteiger partial charge is 0.381 e. The second-order valence-corrected chi connectivity index (χ2v) is 6.54. The fraction of sp³-hybridized carbons (Fsp3) is 0.611. The highest BCUT2D eigenvalue weighted by Gasteiger charge is 2.24. The van der Waals surface area contributed by atoms with Gasteiger partial charge in [0.2, 0.25) is 5.91 Å². The average molecular weight is 320 g/mol. The first kappa shape index (κ1) is 16.4. The summed E-state index contributed by atoms with van der Waals surface area (Å²) in [5, 5.41) is 0. The summed E-state index contributed by atoms with van der Waals surface area (Å²) < 4.78 is 19.1. The number of nitrogens with zero attached hydrogens (tertiary/aromatic N) is 2. The van der Waals surface area contributed by atoms with Gasteiger partial charge in [0.1, 0.15) is 5.82 Å². The Labute approximate surface area is 137 Å². The maximum atomic E-state index is 13.8. The molecule has 0 aliphatic carbocycles. The number of benzene rings is 1. The minimum absolute atomic E-state index is 0.147. The molecule has 0 aromatic heterocycles. The minimum Gasteiger partial charge on any atom is -0.381 e. The van der Waals surface area contributed by atoms with Crippen molar-refractivity contribution < 1.29 is 13.9 Å². The van der Waals surface area contributed by atoms with Crippen LogP contribution in [0.1, 0.15) is 24.8 Å². The Hall–Kier alpha value is -1.46. The van der Waals surface area contributed by atoms with Gasteiger partial charge in [-0.2, -0.15) is 0 Å². The lowest BCUT2D eigenvalue weighted by molar-refractivity contribution is -0.132. The van der Waals surface area contributed by atoms with Gasteiger partial charge in [-0.25, -0.2) is 4.39 Å². The van der Waals surface area contributed by atoms with Crippen LogP contribution >= 0.6 is 0 Å². The summed E-state index contributed by atoms with van der Waals surface area (Å²) in [6, 6.07) is 6.93. The van der Waals surface area contributed by atoms with E-state index in [4.69, 9.17) is 4.74 Å². The molecule has 0 unspecified atom stereocenters. The molecule has 0 bridgehead atoms. The van der Waals surface area contributed by atoms with Crippen molar-refractivity contribution in [3.05, 3.63) is 35.6 Å². The number of rotatable bonds is 4. The van der Waals surface area contributed by atoms with Gasteiger partial charge in [-0.05, 0) is 24.8 Å². The third kappa shape index (κ3) is 4.52. The molecule has 1 amide bonds. The van der Waals surface area contributed by atoms with E-state index in [1.165, 1.54) is 6.07 Å². The standard InChI is InChI=1S/C18H25FN2O2/c19-17-5-2-1-4-16(17)13-20-7-3-8-21(10-9-20)18(22)12-15-6-11-23-14-15/h1-2,4-5,15H,3,6-14H2/t15-/m1/s1. The summed E-state index contributed by atoms with van der Waals surface area (Å²) in [4.78, 5) is 16.6. The van der Waals surface area contributed by atoms with Crippen LogP contribution in [0.4, 0.5) is 4.39 Å². The Morgan fingerprint density at radius 3 is 2.87 bits per heavy atom. The number of halogens is 1. The van der Waals surface area contributed by atoms with Crippen molar-refractivity contribution in [1.29, 1.82) is 0 Å². The van der Waals surface area contributed by atoms with Crippen LogP contribution < -0.4 is 0 Å². The molecule has 3 rings (SSSR count). The molecule has 1 aromatic rings. The van der Waals surface area contributed by atoms with Crippen LogP contribution in [0, 0.1) is 11.7 Å². The van der Waals surface area contributed by atoms with Gasteiger partial charge < -0.3 is 9.64 Å². The predicted molar refractivity (Wildman–Crippen MR) is 86.4 cm³/mol. The Morgan fingerprint density at radius 2 is 2.09 bits per heavy atom. The molecule has 5 heteroatoms. The van der Waals surface area contributed by atoms with E-state index >= 15 is 0 Å². The van der Waals surface area contributed by atoms with Crippen molar-refractivity contribution in [2.24, 2.45) is 5.92 Å². The highest BCUT2D eigenvalue weighted by Crippen LogP contribution is 2.18. The molecule has 2 fully saturated rings. The Kier molecular flexibility index (Phi) is 5.62. The first-order valence-corrected chi connectivity index (χ1v) is 8.53. The molecule has 1 aromatic carbocycles. The lowest BCUT2D eigenvalue weighted by Gasteiger charge is -2.23. The van der Waals surface area contributed by atoms with Crippen LogP contribution in [-0.2, 0) is 16.1 Å². The summed E-state index contributed by atoms with van der Waals surface area (Å²) in [5.41, 5.74) is 0.732. The lowest BCUT2D eigenvalue weighted by atomic mass is 10.0. The first-order chi connectivity index (χ1) is 11.2. The molecular formula is C18H25FN2O2. The zero-order valence-electron chi connectivity index (χ0n) is 13.5. The first-order valence-electron chi connectivity index (χ1n) is 8.53. The molecule has 2 aliphatic heterocycles. The molecule has 23 heavy (non-hydrogen) atoms. The van der Waals surface area contributed by atoms with Gasteiger partial charge in [0, 0.05) is 57.9 Å². The van der Waals surface area contributed by atoms with E-state index in [0.29, 0.717) is 18.9 Å². The molecule has 2 saturated heterocycles. The fourth-order valence-corrected chi connectivity index (χ4v) is 3.37. The van der Waals surface area contributed by atoms with E-state index < -0.39 is 0 Å². The molecule has 4 nitrogen and oxygen atoms in total. The van der Waals surface area contributed by atoms with Crippen molar-refractivity contribution >= 4 is 5.91 Å². The highest BCUT2D eigenvalue weighted by molar-refractivity contribution is 5.76. The van der Waals surface area contributed by atoms with Crippen LogP contribution in [0.15, 0.2) is 24.3 Å². The quantitative estimate of drug-likeness (QED) is 0.853. The molecule has 2 heterocycles. The maximum absolute atomic E-state index is 13.8. The van der Waals surface area contributed by atoms with E-state index in [1.54, 1.807) is 6.07 Å². The second-order valence-electron chi connectivity index (χ2n) is 6.54. The molecule has 0 radical (unpaired) electrons. The molecular weight excluding hydrogens is 295 g/mol. The monoisotopic (exact) mass is 320 g/mol. The van der Waals surface area contributed by atoms with Crippen LogP contribution in [0.2, 0.25) is 0 Å². The van der Waals surface area contributed by atoms with Crippen LogP contribution in [0.5, 0.6) is 0 Å². The Morgan fingerprint density at radius 1 is 1.22 bits per heavy atom. The zero-order valence-corrected chi connectivity index (χ0v) is 13.5. The molecule has 1 atom stereocenters. The Balaban J connectivity index is 1.50. The number of carbonyl (C=O) groups is 1. The van der Waals surface area contributed by atoms with Crippen molar-refractivity contribution in [2.75, 3.05) is 39.4 Å². The van der Waals surface area contributed by atoms with E-state index in [-0.39, 0.29) is 11.7 Å². The van der Waals surface area contributed by atoms with Gasteiger partial charge in [-0.1, -0.05) is 18.2 Å². The predicted octanol–water partition coefficient (Wildman–Crippen LogP) is 2.29. The van der Waals surface area contributed by atoms with Crippen molar-refractivity contribution in [3.63, 3.8) is 0 Å². The molecule has 0 saturated carbocycles. The summed E-state index contributed by atoms with van der Waals surface area (Å²) >= 11 is 0. The van der Waals surface area contributed by atoms with Gasteiger partial charge in [-0.15, -0.1) is 0 Å². The lowest BCUT2D eigenvalue weighted by Crippen LogP contribution is -2.36. The summed E-state index contributed by atoms with van der Waals surface area (Å²) in [5.74, 6) is 0.486. The molecule has 2 aliphatic rings. The topological polar surface area (TPSA) is 32.8 Å². The molecule has 0 N–H and O–H groups in total. The summed E-state index contributed by atoms with van der Waals surface area (Å²) in [7, 11) is 0. The summed E-state index contributed by atoms with van der Waals surface area (Å²) in [6.07, 6.45) is 2.55. The van der Waals surface area contributed by atoms with E-state index in [0.717, 1.165) is 57.8 Å². The number of carbonyl (C=O) groups excluding carboxylic acids is 1. The fourth-order valence-electron chi connectivity index (χ4n) is 3.37. The average Bonchev–Trinajstić information content (AvgIpc) is 2.94. The molecule has 0 spiro atoms. The number of hydrogen-bond donors (Lipinski definition) is 0. The van der Waals surface area contributed by atoms with Gasteiger partial charge in [0.25, 0.3) is 0 Å². The highest BCUT2D eigenvalue weighted by atomic mass is 19.1. The van der Waals surface area contributed by atoms with Crippen molar-refractivity contribution in [3.8, 4) is 0 Å². The van der Waals surface area contributed by atoms with Crippen molar-refractivity contribution in [2.45, 2.75) is 25.8 Å². The van der Waals surface area contributed by atoms with E-state index in [1.807, 2.05) is 17.0 Å². The Bertz CT molecular complexity index is 532. The summed E-state index contributed by atoms with van der Waals surface area (Å²) in [6.45, 7) is 5.38. The third-order valence-electron chi connectivity index (χ3n) is 4.78. The minimum atomic E-state index is -0.147. The number of amides is 1. The van der Waals surface area contributed by atoms with E-state index in [9.17, 15) is 9.18 Å². The number of hydrogen-bond acceptors (Lipinski definition) is 3. The number of ether oxygens (including phenoxy) is 1. The van der Waals surface area contributed by atoms with E-state index in [2.05, 4.69) is 4.90 Å². The smallest absolute Gasteiger partial charge is 0.222 e. The van der Waals surface area contributed by atoms with Crippen molar-refractivity contribution in [1.82, 2.24) is 9.80 Å². The zero-order chi connectivity index (χ0) is 16.1. The van der Waals surface area contributed by atoms with Crippen LogP contribution in [0.3, 0.4) is 0 Å². The third-order valence-corrected chi connectivity index (χ3v) is 4.78. The normalized spacial score (nSPS) is 23.0. The van der Waals surface area contributed by atoms with Gasteiger partial charge in [-0.3, -0.25) is 9.69 Å². The van der Waals surface area contributed by atoms with Gasteiger partial charge in [0.15, 0.2) is 0 Å². The van der Waals surface area contributed by atoms with Gasteiger partial charge >= 0.3 is 0 Å². The van der Waals surface area contributed by atoms with Crippen LogP contribution in [0.25, 0.3) is 0 Å². The van der Waals surface area contributed by atoms with Gasteiger partial charge in [0.05, 0.1) is 0 Å². The maximum Gasteiger partial charge on any atom is 0.222 e. The van der Waals surface area contributed by atoms with Crippen LogP contribution in [-0.4, -0.2) is 55.1 Å². The second kappa shape index (κ2) is 7.88. The SMILES string of the molecule is O=C(C[C@H]1CCOC1)N1CCCN(Cc2ccccc2F)CC1.